The highest BCUT2D eigenvalue weighted by atomic mass is 35.5. The molecule has 2 aromatic carbocycles. The molecule has 1 aliphatic heterocycles. The van der Waals surface area contributed by atoms with Gasteiger partial charge in [-0.15, -0.1) is 0 Å². The molecule has 1 aliphatic rings. The summed E-state index contributed by atoms with van der Waals surface area (Å²) in [4.78, 5) is 2.77. The Labute approximate surface area is 172 Å². The predicted octanol–water partition coefficient (Wildman–Crippen LogP) is 3.03. The van der Waals surface area contributed by atoms with Gasteiger partial charge in [0.05, 0.1) is 10.9 Å². The van der Waals surface area contributed by atoms with Gasteiger partial charge in [0.1, 0.15) is 12.4 Å². The first-order valence-corrected chi connectivity index (χ1v) is 11.7. The third-order valence-corrected chi connectivity index (χ3v) is 6.42. The van der Waals surface area contributed by atoms with E-state index in [1.54, 1.807) is 24.3 Å². The Morgan fingerprint density at radius 3 is 2.64 bits per heavy atom. The summed E-state index contributed by atoms with van der Waals surface area (Å²) in [7, 11) is -3.18. The molecule has 1 saturated heterocycles. The SMILES string of the molecule is C[C@H]1CN[C@H](COc2ccc(S(C)(=O)=O)cc2)CN1CCc1cccc(Cl)c1. The Hall–Kier alpha value is -1.60. The minimum atomic E-state index is -3.18. The van der Waals surface area contributed by atoms with E-state index in [1.807, 2.05) is 18.2 Å². The molecule has 0 aliphatic carbocycles. The molecule has 1 fully saturated rings. The lowest BCUT2D eigenvalue weighted by atomic mass is 10.1. The van der Waals surface area contributed by atoms with Crippen molar-refractivity contribution in [3.8, 4) is 5.75 Å². The van der Waals surface area contributed by atoms with Crippen LogP contribution in [0.3, 0.4) is 0 Å². The van der Waals surface area contributed by atoms with Crippen molar-refractivity contribution >= 4 is 21.4 Å². The van der Waals surface area contributed by atoms with Crippen LogP contribution in [0, 0.1) is 0 Å². The maximum absolute atomic E-state index is 11.5. The molecule has 2 atom stereocenters. The second-order valence-corrected chi connectivity index (χ2v) is 9.84. The van der Waals surface area contributed by atoms with Gasteiger partial charge in [0.25, 0.3) is 0 Å². The summed E-state index contributed by atoms with van der Waals surface area (Å²) in [6.45, 7) is 5.56. The van der Waals surface area contributed by atoms with Crippen LogP contribution < -0.4 is 10.1 Å². The Morgan fingerprint density at radius 1 is 1.21 bits per heavy atom. The highest BCUT2D eigenvalue weighted by Gasteiger charge is 2.25. The molecule has 28 heavy (non-hydrogen) atoms. The van der Waals surface area contributed by atoms with E-state index in [1.165, 1.54) is 11.8 Å². The molecule has 0 unspecified atom stereocenters. The summed E-state index contributed by atoms with van der Waals surface area (Å²) >= 11 is 6.08. The van der Waals surface area contributed by atoms with Crippen molar-refractivity contribution in [1.82, 2.24) is 10.2 Å². The first-order chi connectivity index (χ1) is 13.3. The van der Waals surface area contributed by atoms with E-state index in [0.29, 0.717) is 23.3 Å². The number of nitrogens with one attached hydrogen (secondary N) is 1. The Bertz CT molecular complexity index is 887. The van der Waals surface area contributed by atoms with E-state index in [0.717, 1.165) is 31.1 Å². The summed E-state index contributed by atoms with van der Waals surface area (Å²) in [5, 5.41) is 4.31. The zero-order valence-corrected chi connectivity index (χ0v) is 17.8. The number of halogens is 1. The average molecular weight is 423 g/mol. The monoisotopic (exact) mass is 422 g/mol. The maximum atomic E-state index is 11.5. The van der Waals surface area contributed by atoms with Gasteiger partial charge in [0.2, 0.25) is 0 Å². The van der Waals surface area contributed by atoms with E-state index in [-0.39, 0.29) is 6.04 Å². The topological polar surface area (TPSA) is 58.6 Å². The van der Waals surface area contributed by atoms with Gasteiger partial charge in [-0.05, 0) is 55.3 Å². The summed E-state index contributed by atoms with van der Waals surface area (Å²) in [6, 6.07) is 15.3. The van der Waals surface area contributed by atoms with Crippen LogP contribution in [0.15, 0.2) is 53.4 Å². The van der Waals surface area contributed by atoms with E-state index in [2.05, 4.69) is 23.2 Å². The molecule has 1 heterocycles. The largest absolute Gasteiger partial charge is 0.492 e. The molecular formula is C21H27ClN2O3S. The van der Waals surface area contributed by atoms with Gasteiger partial charge in [-0.2, -0.15) is 0 Å². The Balaban J connectivity index is 1.51. The van der Waals surface area contributed by atoms with Crippen LogP contribution in [0.1, 0.15) is 12.5 Å². The summed E-state index contributed by atoms with van der Waals surface area (Å²) in [5.74, 6) is 0.679. The van der Waals surface area contributed by atoms with Crippen LogP contribution >= 0.6 is 11.6 Å². The van der Waals surface area contributed by atoms with E-state index in [4.69, 9.17) is 16.3 Å². The van der Waals surface area contributed by atoms with Crippen molar-refractivity contribution in [1.29, 1.82) is 0 Å². The molecular weight excluding hydrogens is 396 g/mol. The van der Waals surface area contributed by atoms with Gasteiger partial charge >= 0.3 is 0 Å². The van der Waals surface area contributed by atoms with Gasteiger partial charge in [0.15, 0.2) is 9.84 Å². The molecule has 0 amide bonds. The van der Waals surface area contributed by atoms with Crippen LogP contribution in [0.5, 0.6) is 5.75 Å². The van der Waals surface area contributed by atoms with Gasteiger partial charge in [-0.3, -0.25) is 4.90 Å². The molecule has 0 radical (unpaired) electrons. The minimum absolute atomic E-state index is 0.227. The smallest absolute Gasteiger partial charge is 0.175 e. The first-order valence-electron chi connectivity index (χ1n) is 9.46. The zero-order valence-electron chi connectivity index (χ0n) is 16.3. The van der Waals surface area contributed by atoms with Crippen LogP contribution in [0.4, 0.5) is 0 Å². The predicted molar refractivity (Wildman–Crippen MR) is 113 cm³/mol. The lowest BCUT2D eigenvalue weighted by Gasteiger charge is -2.38. The molecule has 2 aromatic rings. The lowest BCUT2D eigenvalue weighted by Crippen LogP contribution is -2.57. The van der Waals surface area contributed by atoms with Gasteiger partial charge < -0.3 is 10.1 Å². The van der Waals surface area contributed by atoms with Crippen molar-refractivity contribution in [2.75, 3.05) is 32.5 Å². The Morgan fingerprint density at radius 2 is 1.96 bits per heavy atom. The molecule has 0 aromatic heterocycles. The number of sulfone groups is 1. The third-order valence-electron chi connectivity index (χ3n) is 5.06. The van der Waals surface area contributed by atoms with Crippen LogP contribution in [0.25, 0.3) is 0 Å². The summed E-state index contributed by atoms with van der Waals surface area (Å²) in [6.07, 6.45) is 2.17. The van der Waals surface area contributed by atoms with Gasteiger partial charge in [-0.25, -0.2) is 8.42 Å². The summed E-state index contributed by atoms with van der Waals surface area (Å²) < 4.78 is 28.9. The van der Waals surface area contributed by atoms with Crippen LogP contribution in [-0.4, -0.2) is 57.9 Å². The second kappa shape index (κ2) is 9.27. The number of benzene rings is 2. The first kappa shape index (κ1) is 21.1. The fraction of sp³-hybridized carbons (Fsp3) is 0.429. The normalized spacial score (nSPS) is 20.8. The number of hydrogen-bond acceptors (Lipinski definition) is 5. The number of rotatable bonds is 7. The molecule has 3 rings (SSSR count). The zero-order chi connectivity index (χ0) is 20.1. The average Bonchev–Trinajstić information content (AvgIpc) is 2.66. The van der Waals surface area contributed by atoms with Gasteiger partial charge in [-0.1, -0.05) is 23.7 Å². The number of hydrogen-bond donors (Lipinski definition) is 1. The van der Waals surface area contributed by atoms with Crippen LogP contribution in [0.2, 0.25) is 5.02 Å². The molecule has 0 bridgehead atoms. The fourth-order valence-corrected chi connectivity index (χ4v) is 4.21. The molecule has 5 nitrogen and oxygen atoms in total. The molecule has 7 heteroatoms. The van der Waals surface area contributed by atoms with Crippen molar-refractivity contribution in [2.45, 2.75) is 30.3 Å². The lowest BCUT2D eigenvalue weighted by molar-refractivity contribution is 0.116. The summed E-state index contributed by atoms with van der Waals surface area (Å²) in [5.41, 5.74) is 1.25. The quantitative estimate of drug-likeness (QED) is 0.743. The third kappa shape index (κ3) is 5.95. The highest BCUT2D eigenvalue weighted by molar-refractivity contribution is 7.90. The minimum Gasteiger partial charge on any atom is -0.492 e. The van der Waals surface area contributed by atoms with Crippen LogP contribution in [-0.2, 0) is 16.3 Å². The van der Waals surface area contributed by atoms with E-state index in [9.17, 15) is 8.42 Å². The number of piperazine rings is 1. The standard InChI is InChI=1S/C21H27ClN2O3S/c1-16-13-23-19(14-24(16)11-10-17-4-3-5-18(22)12-17)15-27-20-6-8-21(9-7-20)28(2,25)26/h3-9,12,16,19,23H,10-11,13-15H2,1-2H3/t16-,19-/m0/s1. The Kier molecular flexibility index (Phi) is 6.99. The molecule has 152 valence electrons. The maximum Gasteiger partial charge on any atom is 0.175 e. The second-order valence-electron chi connectivity index (χ2n) is 7.38. The van der Waals surface area contributed by atoms with E-state index < -0.39 is 9.84 Å². The number of ether oxygens (including phenoxy) is 1. The van der Waals surface area contributed by atoms with Crippen molar-refractivity contribution in [3.05, 3.63) is 59.1 Å². The molecule has 0 spiro atoms. The van der Waals surface area contributed by atoms with Crippen molar-refractivity contribution < 1.29 is 13.2 Å². The molecule has 0 saturated carbocycles. The highest BCUT2D eigenvalue weighted by Crippen LogP contribution is 2.17. The number of nitrogens with zero attached hydrogens (tertiary/aromatic N) is 1. The van der Waals surface area contributed by atoms with Gasteiger partial charge in [0, 0.05) is 37.0 Å². The van der Waals surface area contributed by atoms with Crippen molar-refractivity contribution in [3.63, 3.8) is 0 Å². The molecule has 1 N–H and O–H groups in total. The van der Waals surface area contributed by atoms with E-state index >= 15 is 0 Å². The fourth-order valence-electron chi connectivity index (χ4n) is 3.36. The van der Waals surface area contributed by atoms with Crippen molar-refractivity contribution in [2.24, 2.45) is 0 Å².